The number of esters is 1. The number of halogens is 1. The summed E-state index contributed by atoms with van der Waals surface area (Å²) in [7, 11) is 0. The third kappa shape index (κ3) is 5.53. The van der Waals surface area contributed by atoms with Crippen LogP contribution >= 0.6 is 0 Å². The maximum absolute atomic E-state index is 13.9. The average molecular weight is 406 g/mol. The Balaban J connectivity index is 1.87. The van der Waals surface area contributed by atoms with Crippen molar-refractivity contribution >= 4 is 22.9 Å². The van der Waals surface area contributed by atoms with Gasteiger partial charge in [-0.15, -0.1) is 0 Å². The van der Waals surface area contributed by atoms with E-state index in [1.165, 1.54) is 37.8 Å². The number of aromatic nitrogens is 1. The van der Waals surface area contributed by atoms with Gasteiger partial charge in [0.1, 0.15) is 11.6 Å². The zero-order valence-corrected chi connectivity index (χ0v) is 17.7. The summed E-state index contributed by atoms with van der Waals surface area (Å²) < 4.78 is 19.6. The predicted octanol–water partition coefficient (Wildman–Crippen LogP) is 7.28. The first-order valence-electron chi connectivity index (χ1n) is 10.6. The lowest BCUT2D eigenvalue weighted by atomic mass is 10.1. The number of benzene rings is 2. The molecular formula is C26H28FNO2. The number of pyridine rings is 1. The smallest absolute Gasteiger partial charge is 0.343 e. The van der Waals surface area contributed by atoms with Crippen LogP contribution in [0.4, 0.5) is 4.39 Å². The molecule has 3 rings (SSSR count). The van der Waals surface area contributed by atoms with Crippen LogP contribution in [0.25, 0.3) is 17.0 Å². The van der Waals surface area contributed by atoms with E-state index in [1.54, 1.807) is 30.3 Å². The van der Waals surface area contributed by atoms with Crippen molar-refractivity contribution in [2.45, 2.75) is 52.4 Å². The molecule has 0 saturated carbocycles. The second-order valence-corrected chi connectivity index (χ2v) is 7.47. The first kappa shape index (κ1) is 21.7. The van der Waals surface area contributed by atoms with Gasteiger partial charge in [-0.1, -0.05) is 56.9 Å². The molecule has 0 radical (unpaired) electrons. The van der Waals surface area contributed by atoms with Gasteiger partial charge in [0.25, 0.3) is 0 Å². The van der Waals surface area contributed by atoms with Crippen molar-refractivity contribution in [2.75, 3.05) is 0 Å². The molecule has 0 atom stereocenters. The molecule has 0 bridgehead atoms. The van der Waals surface area contributed by atoms with Crippen molar-refractivity contribution in [3.63, 3.8) is 0 Å². The van der Waals surface area contributed by atoms with Crippen molar-refractivity contribution in [3.8, 4) is 5.75 Å². The van der Waals surface area contributed by atoms with Crippen LogP contribution in [0.1, 0.15) is 67.1 Å². The minimum Gasteiger partial charge on any atom is -0.422 e. The van der Waals surface area contributed by atoms with Crippen LogP contribution in [0, 0.1) is 12.7 Å². The predicted molar refractivity (Wildman–Crippen MR) is 120 cm³/mol. The number of hydrogen-bond donors (Lipinski definition) is 0. The highest BCUT2D eigenvalue weighted by molar-refractivity contribution is 5.95. The van der Waals surface area contributed by atoms with E-state index in [0.717, 1.165) is 24.1 Å². The van der Waals surface area contributed by atoms with E-state index >= 15 is 0 Å². The van der Waals surface area contributed by atoms with Crippen molar-refractivity contribution < 1.29 is 13.9 Å². The Labute approximate surface area is 177 Å². The van der Waals surface area contributed by atoms with Gasteiger partial charge in [0.05, 0.1) is 16.8 Å². The summed E-state index contributed by atoms with van der Waals surface area (Å²) in [5.41, 5.74) is 2.50. The number of nitrogens with zero attached hydrogens (tertiary/aromatic N) is 1. The molecule has 3 nitrogen and oxygen atoms in total. The van der Waals surface area contributed by atoms with Crippen LogP contribution in [-0.2, 0) is 0 Å². The third-order valence-electron chi connectivity index (χ3n) is 5.12. The van der Waals surface area contributed by atoms with Crippen LogP contribution in [0.15, 0.2) is 54.6 Å². The Morgan fingerprint density at radius 3 is 2.60 bits per heavy atom. The maximum Gasteiger partial charge on any atom is 0.343 e. The molecule has 2 aromatic carbocycles. The van der Waals surface area contributed by atoms with E-state index in [0.29, 0.717) is 22.2 Å². The number of unbranched alkanes of at least 4 members (excludes halogenated alkanes) is 5. The number of hydrogen-bond acceptors (Lipinski definition) is 3. The third-order valence-corrected chi connectivity index (χ3v) is 5.12. The fourth-order valence-corrected chi connectivity index (χ4v) is 3.40. The molecule has 4 heteroatoms. The second-order valence-electron chi connectivity index (χ2n) is 7.47. The monoisotopic (exact) mass is 405 g/mol. The molecule has 0 N–H and O–H groups in total. The zero-order valence-electron chi connectivity index (χ0n) is 17.7. The normalized spacial score (nSPS) is 11.3. The van der Waals surface area contributed by atoms with E-state index in [-0.39, 0.29) is 0 Å². The van der Waals surface area contributed by atoms with Crippen LogP contribution < -0.4 is 4.74 Å². The van der Waals surface area contributed by atoms with Gasteiger partial charge in [-0.25, -0.2) is 14.2 Å². The molecule has 1 aromatic heterocycles. The lowest BCUT2D eigenvalue weighted by molar-refractivity contribution is 0.0736. The van der Waals surface area contributed by atoms with Crippen LogP contribution in [0.3, 0.4) is 0 Å². The molecule has 156 valence electrons. The van der Waals surface area contributed by atoms with Gasteiger partial charge in [0, 0.05) is 10.9 Å². The molecule has 0 aliphatic rings. The quantitative estimate of drug-likeness (QED) is 0.277. The summed E-state index contributed by atoms with van der Waals surface area (Å²) in [6.07, 6.45) is 11.2. The summed E-state index contributed by atoms with van der Waals surface area (Å²) in [4.78, 5) is 17.3. The molecule has 0 aliphatic heterocycles. The van der Waals surface area contributed by atoms with Crippen molar-refractivity contribution in [3.05, 3.63) is 77.2 Å². The largest absolute Gasteiger partial charge is 0.422 e. The van der Waals surface area contributed by atoms with Gasteiger partial charge in [-0.05, 0) is 56.2 Å². The molecule has 0 amide bonds. The topological polar surface area (TPSA) is 39.2 Å². The second kappa shape index (κ2) is 10.7. The Morgan fingerprint density at radius 1 is 1.07 bits per heavy atom. The summed E-state index contributed by atoms with van der Waals surface area (Å²) in [6, 6.07) is 13.1. The SMILES string of the molecule is CCCCCCC/C=C/c1nc2ccc(F)cc2c(OC(=O)c2ccccc2)c1C. The highest BCUT2D eigenvalue weighted by Crippen LogP contribution is 2.32. The van der Waals surface area contributed by atoms with Crippen LogP contribution in [0.2, 0.25) is 0 Å². The summed E-state index contributed by atoms with van der Waals surface area (Å²) in [6.45, 7) is 4.06. The highest BCUT2D eigenvalue weighted by Gasteiger charge is 2.17. The van der Waals surface area contributed by atoms with E-state index in [9.17, 15) is 9.18 Å². The first-order chi connectivity index (χ1) is 14.6. The van der Waals surface area contributed by atoms with E-state index < -0.39 is 11.8 Å². The summed E-state index contributed by atoms with van der Waals surface area (Å²) in [5, 5.41) is 0.494. The zero-order chi connectivity index (χ0) is 21.3. The fourth-order valence-electron chi connectivity index (χ4n) is 3.40. The lowest BCUT2D eigenvalue weighted by Crippen LogP contribution is -2.10. The van der Waals surface area contributed by atoms with Gasteiger partial charge in [-0.2, -0.15) is 0 Å². The molecule has 3 aromatic rings. The Kier molecular flexibility index (Phi) is 7.72. The molecule has 0 spiro atoms. The van der Waals surface area contributed by atoms with E-state index in [1.807, 2.05) is 19.1 Å². The van der Waals surface area contributed by atoms with Gasteiger partial charge in [0.15, 0.2) is 0 Å². The fraction of sp³-hybridized carbons (Fsp3) is 0.308. The molecule has 0 aliphatic carbocycles. The standard InChI is InChI=1S/C26H28FNO2/c1-3-4-5-6-7-8-12-15-23-19(2)25(22-18-21(27)16-17-24(22)28-23)30-26(29)20-13-10-9-11-14-20/h9-18H,3-8H2,1-2H3/b15-12+. The van der Waals surface area contributed by atoms with Gasteiger partial charge in [0.2, 0.25) is 0 Å². The number of ether oxygens (including phenoxy) is 1. The number of rotatable bonds is 9. The Hall–Kier alpha value is -3.01. The number of allylic oxidation sites excluding steroid dienone is 1. The van der Waals surface area contributed by atoms with Crippen molar-refractivity contribution in [1.29, 1.82) is 0 Å². The van der Waals surface area contributed by atoms with Crippen molar-refractivity contribution in [2.24, 2.45) is 0 Å². The summed E-state index contributed by atoms with van der Waals surface area (Å²) >= 11 is 0. The molecular weight excluding hydrogens is 377 g/mol. The van der Waals surface area contributed by atoms with Gasteiger partial charge in [-0.3, -0.25) is 0 Å². The number of fused-ring (bicyclic) bond motifs is 1. The summed E-state index contributed by atoms with van der Waals surface area (Å²) in [5.74, 6) is -0.506. The molecule has 0 unspecified atom stereocenters. The molecule has 30 heavy (non-hydrogen) atoms. The minimum atomic E-state index is -0.471. The first-order valence-corrected chi connectivity index (χ1v) is 10.6. The lowest BCUT2D eigenvalue weighted by Gasteiger charge is -2.13. The minimum absolute atomic E-state index is 0.357. The molecule has 0 fully saturated rings. The highest BCUT2D eigenvalue weighted by atomic mass is 19.1. The van der Waals surface area contributed by atoms with E-state index in [4.69, 9.17) is 4.74 Å². The maximum atomic E-state index is 13.9. The number of carbonyl (C=O) groups is 1. The molecule has 0 saturated heterocycles. The van der Waals surface area contributed by atoms with Gasteiger partial charge >= 0.3 is 5.97 Å². The number of carbonyl (C=O) groups excluding carboxylic acids is 1. The van der Waals surface area contributed by atoms with Gasteiger partial charge < -0.3 is 4.74 Å². The molecule has 1 heterocycles. The van der Waals surface area contributed by atoms with Crippen molar-refractivity contribution in [1.82, 2.24) is 4.98 Å². The average Bonchev–Trinajstić information content (AvgIpc) is 2.76. The Morgan fingerprint density at radius 2 is 1.83 bits per heavy atom. The van der Waals surface area contributed by atoms with Crippen LogP contribution in [0.5, 0.6) is 5.75 Å². The van der Waals surface area contributed by atoms with Crippen LogP contribution in [-0.4, -0.2) is 11.0 Å². The van der Waals surface area contributed by atoms with E-state index in [2.05, 4.69) is 18.0 Å². The Bertz CT molecular complexity index is 1030.